The molecule has 100 valence electrons. The molecular formula is C13H20N2O2S. The lowest BCUT2D eigenvalue weighted by Crippen LogP contribution is -2.43. The van der Waals surface area contributed by atoms with Gasteiger partial charge in [0.25, 0.3) is 0 Å². The van der Waals surface area contributed by atoms with Gasteiger partial charge in [-0.25, -0.2) is 0 Å². The molecule has 0 bridgehead atoms. The van der Waals surface area contributed by atoms with Gasteiger partial charge in [-0.1, -0.05) is 12.1 Å². The van der Waals surface area contributed by atoms with E-state index in [4.69, 9.17) is 0 Å². The SMILES string of the molecule is OC(CS)C(O)c1cccc(N2CCNCC2)c1. The predicted molar refractivity (Wildman–Crippen MR) is 76.3 cm³/mol. The van der Waals surface area contributed by atoms with Gasteiger partial charge in [0.1, 0.15) is 6.10 Å². The van der Waals surface area contributed by atoms with E-state index in [9.17, 15) is 10.2 Å². The summed E-state index contributed by atoms with van der Waals surface area (Å²) in [6, 6.07) is 7.74. The number of aliphatic hydroxyl groups excluding tert-OH is 2. The summed E-state index contributed by atoms with van der Waals surface area (Å²) in [4.78, 5) is 2.28. The number of nitrogens with one attached hydrogen (secondary N) is 1. The van der Waals surface area contributed by atoms with E-state index in [0.29, 0.717) is 0 Å². The van der Waals surface area contributed by atoms with Crippen LogP contribution in [0.3, 0.4) is 0 Å². The van der Waals surface area contributed by atoms with Crippen molar-refractivity contribution in [3.63, 3.8) is 0 Å². The number of aliphatic hydroxyl groups is 2. The molecule has 4 nitrogen and oxygen atoms in total. The van der Waals surface area contributed by atoms with E-state index in [-0.39, 0.29) is 5.75 Å². The largest absolute Gasteiger partial charge is 0.389 e. The minimum atomic E-state index is -0.870. The Morgan fingerprint density at radius 3 is 2.67 bits per heavy atom. The molecule has 1 aromatic carbocycles. The van der Waals surface area contributed by atoms with Gasteiger partial charge in [0, 0.05) is 37.6 Å². The molecule has 2 unspecified atom stereocenters. The van der Waals surface area contributed by atoms with E-state index in [2.05, 4.69) is 22.8 Å². The summed E-state index contributed by atoms with van der Waals surface area (Å²) in [7, 11) is 0. The molecule has 0 spiro atoms. The highest BCUT2D eigenvalue weighted by Crippen LogP contribution is 2.23. The molecule has 0 radical (unpaired) electrons. The molecule has 2 atom stereocenters. The Morgan fingerprint density at radius 1 is 1.28 bits per heavy atom. The molecule has 1 aliphatic rings. The molecule has 1 aromatic rings. The first kappa shape index (κ1) is 13.7. The smallest absolute Gasteiger partial charge is 0.106 e. The zero-order valence-electron chi connectivity index (χ0n) is 10.3. The van der Waals surface area contributed by atoms with Gasteiger partial charge in [0.2, 0.25) is 0 Å². The lowest BCUT2D eigenvalue weighted by Gasteiger charge is -2.30. The molecule has 0 aliphatic carbocycles. The normalized spacial score (nSPS) is 19.6. The molecule has 1 aliphatic heterocycles. The summed E-state index contributed by atoms with van der Waals surface area (Å²) in [5, 5.41) is 22.9. The van der Waals surface area contributed by atoms with E-state index >= 15 is 0 Å². The van der Waals surface area contributed by atoms with Crippen LogP contribution in [0.4, 0.5) is 5.69 Å². The first-order valence-electron chi connectivity index (χ1n) is 6.25. The maximum absolute atomic E-state index is 9.98. The average Bonchev–Trinajstić information content (AvgIpc) is 2.46. The molecule has 0 amide bonds. The van der Waals surface area contributed by atoms with Gasteiger partial charge >= 0.3 is 0 Å². The Bertz CT molecular complexity index is 366. The van der Waals surface area contributed by atoms with Crippen LogP contribution in [-0.4, -0.2) is 48.2 Å². The maximum Gasteiger partial charge on any atom is 0.106 e. The van der Waals surface area contributed by atoms with E-state index < -0.39 is 12.2 Å². The Hall–Kier alpha value is -0.750. The molecule has 1 heterocycles. The summed E-state index contributed by atoms with van der Waals surface area (Å²) >= 11 is 4.00. The molecular weight excluding hydrogens is 248 g/mol. The van der Waals surface area contributed by atoms with Crippen LogP contribution in [-0.2, 0) is 0 Å². The van der Waals surface area contributed by atoms with Crippen LogP contribution >= 0.6 is 12.6 Å². The lowest BCUT2D eigenvalue weighted by atomic mass is 10.0. The molecule has 0 saturated carbocycles. The number of anilines is 1. The Kier molecular flexibility index (Phi) is 4.88. The first-order valence-corrected chi connectivity index (χ1v) is 6.88. The first-order chi connectivity index (χ1) is 8.72. The van der Waals surface area contributed by atoms with Crippen molar-refractivity contribution < 1.29 is 10.2 Å². The van der Waals surface area contributed by atoms with Crippen molar-refractivity contribution in [2.75, 3.05) is 36.8 Å². The summed E-state index contributed by atoms with van der Waals surface area (Å²) < 4.78 is 0. The van der Waals surface area contributed by atoms with Crippen LogP contribution in [0, 0.1) is 0 Å². The maximum atomic E-state index is 9.98. The Morgan fingerprint density at radius 2 is 2.00 bits per heavy atom. The van der Waals surface area contributed by atoms with Crippen molar-refractivity contribution in [1.82, 2.24) is 5.32 Å². The molecule has 1 saturated heterocycles. The summed E-state index contributed by atoms with van der Waals surface area (Å²) in [5.74, 6) is 0.249. The number of benzene rings is 1. The van der Waals surface area contributed by atoms with Crippen molar-refractivity contribution >= 4 is 18.3 Å². The van der Waals surface area contributed by atoms with Gasteiger partial charge in [0.15, 0.2) is 0 Å². The molecule has 18 heavy (non-hydrogen) atoms. The third-order valence-corrected chi connectivity index (χ3v) is 3.62. The van der Waals surface area contributed by atoms with E-state index in [0.717, 1.165) is 37.4 Å². The highest BCUT2D eigenvalue weighted by molar-refractivity contribution is 7.80. The van der Waals surface area contributed by atoms with E-state index in [1.165, 1.54) is 0 Å². The molecule has 3 N–H and O–H groups in total. The Labute approximate surface area is 113 Å². The number of thiol groups is 1. The van der Waals surface area contributed by atoms with E-state index in [1.807, 2.05) is 24.3 Å². The van der Waals surface area contributed by atoms with Crippen molar-refractivity contribution in [2.45, 2.75) is 12.2 Å². The molecule has 2 rings (SSSR count). The second-order valence-corrected chi connectivity index (χ2v) is 4.89. The van der Waals surface area contributed by atoms with Gasteiger partial charge in [0.05, 0.1) is 6.10 Å². The number of hydrogen-bond acceptors (Lipinski definition) is 5. The van der Waals surface area contributed by atoms with Crippen LogP contribution in [0.25, 0.3) is 0 Å². The van der Waals surface area contributed by atoms with Crippen LogP contribution in [0.15, 0.2) is 24.3 Å². The monoisotopic (exact) mass is 268 g/mol. The summed E-state index contributed by atoms with van der Waals surface area (Å²) in [5.41, 5.74) is 1.84. The second kappa shape index (κ2) is 6.43. The van der Waals surface area contributed by atoms with Crippen LogP contribution in [0.2, 0.25) is 0 Å². The lowest BCUT2D eigenvalue weighted by molar-refractivity contribution is 0.0338. The van der Waals surface area contributed by atoms with Crippen molar-refractivity contribution in [2.24, 2.45) is 0 Å². The quantitative estimate of drug-likeness (QED) is 0.598. The number of hydrogen-bond donors (Lipinski definition) is 4. The zero-order valence-corrected chi connectivity index (χ0v) is 11.2. The fourth-order valence-corrected chi connectivity index (χ4v) is 2.35. The van der Waals surface area contributed by atoms with Gasteiger partial charge in [-0.3, -0.25) is 0 Å². The zero-order chi connectivity index (χ0) is 13.0. The Balaban J connectivity index is 2.13. The number of rotatable bonds is 4. The van der Waals surface area contributed by atoms with Crippen LogP contribution < -0.4 is 10.2 Å². The van der Waals surface area contributed by atoms with Gasteiger partial charge in [-0.2, -0.15) is 12.6 Å². The minimum absolute atomic E-state index is 0.249. The van der Waals surface area contributed by atoms with Crippen LogP contribution in [0.5, 0.6) is 0 Å². The highest BCUT2D eigenvalue weighted by atomic mass is 32.1. The van der Waals surface area contributed by atoms with Gasteiger partial charge in [-0.05, 0) is 17.7 Å². The predicted octanol–water partition coefficient (Wildman–Crippen LogP) is 0.420. The van der Waals surface area contributed by atoms with Crippen molar-refractivity contribution in [1.29, 1.82) is 0 Å². The molecule has 1 fully saturated rings. The third kappa shape index (κ3) is 3.17. The number of nitrogens with zero attached hydrogens (tertiary/aromatic N) is 1. The number of piperazine rings is 1. The molecule has 0 aromatic heterocycles. The summed E-state index contributed by atoms with van der Waals surface area (Å²) in [6.45, 7) is 3.89. The minimum Gasteiger partial charge on any atom is -0.389 e. The van der Waals surface area contributed by atoms with Crippen LogP contribution in [0.1, 0.15) is 11.7 Å². The average molecular weight is 268 g/mol. The standard InChI is InChI=1S/C13H20N2O2S/c16-12(9-18)13(17)10-2-1-3-11(8-10)15-6-4-14-5-7-15/h1-3,8,12-14,16-18H,4-7,9H2. The van der Waals surface area contributed by atoms with Gasteiger partial charge in [-0.15, -0.1) is 0 Å². The third-order valence-electron chi connectivity index (χ3n) is 3.25. The molecule has 5 heteroatoms. The fraction of sp³-hybridized carbons (Fsp3) is 0.538. The van der Waals surface area contributed by atoms with Crippen molar-refractivity contribution in [3.05, 3.63) is 29.8 Å². The topological polar surface area (TPSA) is 55.7 Å². The van der Waals surface area contributed by atoms with E-state index in [1.54, 1.807) is 0 Å². The summed E-state index contributed by atoms with van der Waals surface area (Å²) in [6.07, 6.45) is -1.70. The van der Waals surface area contributed by atoms with Gasteiger partial charge < -0.3 is 20.4 Å². The fourth-order valence-electron chi connectivity index (χ4n) is 2.15. The highest BCUT2D eigenvalue weighted by Gasteiger charge is 2.18. The second-order valence-electron chi connectivity index (χ2n) is 4.53. The van der Waals surface area contributed by atoms with Crippen molar-refractivity contribution in [3.8, 4) is 0 Å².